The number of nitrogens with zero attached hydrogens (tertiary/aromatic N) is 2. The minimum Gasteiger partial charge on any atom is -0.479 e. The number of nitrogens with one attached hydrogen (secondary N) is 2. The van der Waals surface area contributed by atoms with Gasteiger partial charge < -0.3 is 4.74 Å². The smallest absolute Gasteiger partial charge is 0.268 e. The van der Waals surface area contributed by atoms with Crippen molar-refractivity contribution in [2.24, 2.45) is 0 Å². The fraction of sp³-hybridized carbons (Fsp3) is 0.217. The number of hydrazine groups is 1. The van der Waals surface area contributed by atoms with Crippen molar-refractivity contribution in [3.63, 3.8) is 0 Å². The number of amides is 3. The molecule has 4 rings (SSSR count). The summed E-state index contributed by atoms with van der Waals surface area (Å²) in [5.41, 5.74) is 7.79. The van der Waals surface area contributed by atoms with Gasteiger partial charge in [-0.3, -0.25) is 30.1 Å². The molecule has 0 spiro atoms. The average Bonchev–Trinajstić information content (AvgIpc) is 3.24. The van der Waals surface area contributed by atoms with Crippen LogP contribution in [-0.4, -0.2) is 35.4 Å². The maximum Gasteiger partial charge on any atom is 0.268 e. The second-order valence-corrected chi connectivity index (χ2v) is 8.33. The molecule has 8 nitrogen and oxygen atoms in total. The van der Waals surface area contributed by atoms with Gasteiger partial charge in [0.1, 0.15) is 12.3 Å². The summed E-state index contributed by atoms with van der Waals surface area (Å²) in [5, 5.41) is 2.96. The Kier molecular flexibility index (Phi) is 6.18. The predicted octanol–water partition coefficient (Wildman–Crippen LogP) is 2.68. The summed E-state index contributed by atoms with van der Waals surface area (Å²) in [6, 6.07) is 15.6. The molecule has 164 valence electrons. The number of benzene rings is 2. The van der Waals surface area contributed by atoms with E-state index in [1.165, 1.54) is 17.4 Å². The summed E-state index contributed by atoms with van der Waals surface area (Å²) in [6.45, 7) is 2.66. The summed E-state index contributed by atoms with van der Waals surface area (Å²) in [7, 11) is 0. The van der Waals surface area contributed by atoms with Crippen LogP contribution in [0.3, 0.4) is 0 Å². The van der Waals surface area contributed by atoms with Gasteiger partial charge >= 0.3 is 0 Å². The van der Waals surface area contributed by atoms with Gasteiger partial charge in [-0.15, -0.1) is 11.3 Å². The van der Waals surface area contributed by atoms with Gasteiger partial charge in [-0.25, -0.2) is 4.98 Å². The van der Waals surface area contributed by atoms with Gasteiger partial charge in [0, 0.05) is 24.3 Å². The van der Waals surface area contributed by atoms with Gasteiger partial charge in [-0.1, -0.05) is 30.3 Å². The van der Waals surface area contributed by atoms with Crippen LogP contribution in [0.25, 0.3) is 11.3 Å². The van der Waals surface area contributed by atoms with E-state index in [1.807, 2.05) is 29.6 Å². The third kappa shape index (κ3) is 4.78. The third-order valence-corrected chi connectivity index (χ3v) is 5.74. The Labute approximate surface area is 189 Å². The number of anilines is 1. The van der Waals surface area contributed by atoms with Crippen molar-refractivity contribution in [1.29, 1.82) is 0 Å². The molecule has 1 unspecified atom stereocenters. The van der Waals surface area contributed by atoms with Gasteiger partial charge in [-0.05, 0) is 30.7 Å². The summed E-state index contributed by atoms with van der Waals surface area (Å²) in [5.74, 6) is -0.751. The van der Waals surface area contributed by atoms with Gasteiger partial charge in [0.15, 0.2) is 6.10 Å². The van der Waals surface area contributed by atoms with E-state index in [-0.39, 0.29) is 12.5 Å². The second-order valence-electron chi connectivity index (χ2n) is 7.39. The summed E-state index contributed by atoms with van der Waals surface area (Å²) >= 11 is 1.57. The van der Waals surface area contributed by atoms with Crippen molar-refractivity contribution in [3.8, 4) is 17.0 Å². The first-order valence-electron chi connectivity index (χ1n) is 10.1. The molecule has 1 aromatic heterocycles. The lowest BCUT2D eigenvalue weighted by molar-refractivity contribution is -0.129. The number of carbonyl (C=O) groups is 3. The fourth-order valence-electron chi connectivity index (χ4n) is 3.37. The zero-order valence-corrected chi connectivity index (χ0v) is 18.4. The monoisotopic (exact) mass is 450 g/mol. The van der Waals surface area contributed by atoms with Crippen LogP contribution in [-0.2, 0) is 20.8 Å². The Morgan fingerprint density at radius 1 is 1.16 bits per heavy atom. The summed E-state index contributed by atoms with van der Waals surface area (Å²) < 4.78 is 5.72. The van der Waals surface area contributed by atoms with Crippen LogP contribution < -0.4 is 20.5 Å². The van der Waals surface area contributed by atoms with E-state index in [1.54, 1.807) is 30.4 Å². The number of carbonyl (C=O) groups excluding carboxylic acids is 3. The molecular weight excluding hydrogens is 428 g/mol. The number of thiazole rings is 1. The Balaban J connectivity index is 1.58. The molecule has 1 aliphatic rings. The van der Waals surface area contributed by atoms with E-state index < -0.39 is 17.9 Å². The molecule has 3 aromatic rings. The van der Waals surface area contributed by atoms with Gasteiger partial charge in [0.05, 0.1) is 16.4 Å². The van der Waals surface area contributed by atoms with Crippen molar-refractivity contribution < 1.29 is 19.1 Å². The maximum atomic E-state index is 12.7. The first-order valence-corrected chi connectivity index (χ1v) is 10.9. The molecule has 0 radical (unpaired) electrons. The average molecular weight is 451 g/mol. The highest BCUT2D eigenvalue weighted by Crippen LogP contribution is 2.37. The van der Waals surface area contributed by atoms with E-state index in [9.17, 15) is 14.4 Å². The highest BCUT2D eigenvalue weighted by molar-refractivity contribution is 7.10. The zero-order valence-electron chi connectivity index (χ0n) is 17.6. The Bertz CT molecular complexity index is 1160. The summed E-state index contributed by atoms with van der Waals surface area (Å²) in [4.78, 5) is 42.1. The van der Waals surface area contributed by atoms with E-state index in [0.717, 1.165) is 22.7 Å². The number of ether oxygens (including phenoxy) is 1. The van der Waals surface area contributed by atoms with Crippen LogP contribution in [0.15, 0.2) is 53.9 Å². The number of hydrogen-bond donors (Lipinski definition) is 2. The Morgan fingerprint density at radius 3 is 2.69 bits per heavy atom. The number of aromatic nitrogens is 1. The quantitative estimate of drug-likeness (QED) is 0.582. The molecule has 2 heterocycles. The molecule has 3 amide bonds. The van der Waals surface area contributed by atoms with Crippen LogP contribution >= 0.6 is 11.3 Å². The Morgan fingerprint density at radius 2 is 1.94 bits per heavy atom. The number of rotatable bonds is 5. The van der Waals surface area contributed by atoms with Crippen molar-refractivity contribution in [2.75, 3.05) is 11.4 Å². The number of hydrogen-bond acceptors (Lipinski definition) is 6. The molecule has 0 saturated heterocycles. The molecule has 0 aliphatic carbocycles. The maximum absolute atomic E-state index is 12.7. The molecule has 32 heavy (non-hydrogen) atoms. The van der Waals surface area contributed by atoms with Crippen LogP contribution in [0, 0.1) is 0 Å². The van der Waals surface area contributed by atoms with E-state index in [4.69, 9.17) is 9.72 Å². The molecule has 1 atom stereocenters. The van der Waals surface area contributed by atoms with Crippen molar-refractivity contribution in [2.45, 2.75) is 26.4 Å². The summed E-state index contributed by atoms with van der Waals surface area (Å²) in [6.07, 6.45) is 0.0176. The normalized spacial score (nSPS) is 15.0. The fourth-order valence-corrected chi connectivity index (χ4v) is 4.20. The largest absolute Gasteiger partial charge is 0.479 e. The molecule has 0 saturated carbocycles. The van der Waals surface area contributed by atoms with Crippen LogP contribution in [0.1, 0.15) is 24.4 Å². The second kappa shape index (κ2) is 9.19. The molecule has 2 N–H and O–H groups in total. The lowest BCUT2D eigenvalue weighted by Crippen LogP contribution is -2.51. The van der Waals surface area contributed by atoms with Crippen LogP contribution in [0.2, 0.25) is 0 Å². The molecular formula is C23H22N4O4S. The Hall–Kier alpha value is -3.72. The van der Waals surface area contributed by atoms with Crippen LogP contribution in [0.5, 0.6) is 5.75 Å². The van der Waals surface area contributed by atoms with Crippen molar-refractivity contribution in [3.05, 3.63) is 64.5 Å². The van der Waals surface area contributed by atoms with Crippen molar-refractivity contribution >= 4 is 34.7 Å². The zero-order chi connectivity index (χ0) is 22.7. The highest BCUT2D eigenvalue weighted by Gasteiger charge is 2.33. The van der Waals surface area contributed by atoms with Gasteiger partial charge in [0.2, 0.25) is 5.91 Å². The molecule has 0 fully saturated rings. The highest BCUT2D eigenvalue weighted by atomic mass is 32.1. The minimum atomic E-state index is -0.723. The topological polar surface area (TPSA) is 101 Å². The standard InChI is InChI=1S/C23H22N4O4S/c1-14-23(30)27(12-21(29)26-25-15(2)28)19-11-17(8-9-20(19)31-14)18-13-32-22(24-18)10-16-6-4-3-5-7-16/h3-9,11,13-14H,10,12H2,1-2H3,(H,25,28)(H,26,29). The first-order chi connectivity index (χ1) is 15.4. The van der Waals surface area contributed by atoms with E-state index in [2.05, 4.69) is 23.0 Å². The van der Waals surface area contributed by atoms with Gasteiger partial charge in [0.25, 0.3) is 11.8 Å². The SMILES string of the molecule is CC(=O)NNC(=O)CN1C(=O)C(C)Oc2ccc(-c3csc(Cc4ccccc4)n3)cc21. The predicted molar refractivity (Wildman–Crippen MR) is 121 cm³/mol. The number of fused-ring (bicyclic) bond motifs is 1. The molecule has 0 bridgehead atoms. The van der Waals surface area contributed by atoms with E-state index >= 15 is 0 Å². The molecule has 2 aromatic carbocycles. The van der Waals surface area contributed by atoms with Crippen molar-refractivity contribution in [1.82, 2.24) is 15.8 Å². The van der Waals surface area contributed by atoms with Crippen LogP contribution in [0.4, 0.5) is 5.69 Å². The first kappa shape index (κ1) is 21.5. The van der Waals surface area contributed by atoms with Gasteiger partial charge in [-0.2, -0.15) is 0 Å². The molecule has 9 heteroatoms. The minimum absolute atomic E-state index is 0.250. The lowest BCUT2D eigenvalue weighted by Gasteiger charge is -2.32. The van der Waals surface area contributed by atoms with E-state index in [0.29, 0.717) is 11.4 Å². The lowest BCUT2D eigenvalue weighted by atomic mass is 10.1. The molecule has 1 aliphatic heterocycles. The third-order valence-electron chi connectivity index (χ3n) is 4.89.